The van der Waals surface area contributed by atoms with Gasteiger partial charge in [0.2, 0.25) is 5.91 Å². The molecule has 4 nitrogen and oxygen atoms in total. The maximum Gasteiger partial charge on any atom is 0.233 e. The number of amides is 1. The van der Waals surface area contributed by atoms with E-state index in [1.165, 1.54) is 0 Å². The Balaban J connectivity index is 1.49. The number of hydrogen-bond donors (Lipinski definition) is 0. The number of anilines is 1. The number of rotatable bonds is 4. The van der Waals surface area contributed by atoms with Crippen molar-refractivity contribution in [3.05, 3.63) is 53.8 Å². The zero-order valence-electron chi connectivity index (χ0n) is 12.7. The van der Waals surface area contributed by atoms with Gasteiger partial charge in [-0.3, -0.25) is 9.78 Å². The minimum Gasteiger partial charge on any atom is -0.368 e. The van der Waals surface area contributed by atoms with Crippen LogP contribution in [0.1, 0.15) is 0 Å². The van der Waals surface area contributed by atoms with Crippen molar-refractivity contribution < 1.29 is 4.79 Å². The number of aromatic nitrogens is 1. The normalized spacial score (nSPS) is 14.8. The summed E-state index contributed by atoms with van der Waals surface area (Å²) >= 11 is 7.60. The third kappa shape index (κ3) is 4.39. The summed E-state index contributed by atoms with van der Waals surface area (Å²) in [6, 6.07) is 11.7. The average Bonchev–Trinajstić information content (AvgIpc) is 2.61. The first-order valence-corrected chi connectivity index (χ1v) is 8.90. The third-order valence-electron chi connectivity index (χ3n) is 3.82. The number of hydrogen-bond acceptors (Lipinski definition) is 4. The van der Waals surface area contributed by atoms with Gasteiger partial charge in [-0.25, -0.2) is 0 Å². The van der Waals surface area contributed by atoms with Crippen molar-refractivity contribution in [3.8, 4) is 0 Å². The average molecular weight is 348 g/mol. The topological polar surface area (TPSA) is 36.4 Å². The number of halogens is 1. The second kappa shape index (κ2) is 7.70. The highest BCUT2D eigenvalue weighted by atomic mass is 35.5. The van der Waals surface area contributed by atoms with E-state index in [1.807, 2.05) is 35.2 Å². The lowest BCUT2D eigenvalue weighted by atomic mass is 10.2. The largest absolute Gasteiger partial charge is 0.368 e. The Morgan fingerprint density at radius 3 is 2.57 bits per heavy atom. The molecule has 3 rings (SSSR count). The van der Waals surface area contributed by atoms with Gasteiger partial charge in [0.05, 0.1) is 5.75 Å². The minimum atomic E-state index is 0.192. The Kier molecular flexibility index (Phi) is 5.41. The highest BCUT2D eigenvalue weighted by Gasteiger charge is 2.21. The van der Waals surface area contributed by atoms with Crippen LogP contribution in [-0.2, 0) is 4.79 Å². The van der Waals surface area contributed by atoms with E-state index >= 15 is 0 Å². The number of pyridine rings is 1. The van der Waals surface area contributed by atoms with Crippen LogP contribution in [0.15, 0.2) is 53.7 Å². The van der Waals surface area contributed by atoms with Gasteiger partial charge in [0, 0.05) is 54.2 Å². The maximum atomic E-state index is 12.3. The lowest BCUT2D eigenvalue weighted by Crippen LogP contribution is -2.49. The van der Waals surface area contributed by atoms with Crippen LogP contribution in [0.4, 0.5) is 5.69 Å². The molecule has 1 aliphatic heterocycles. The first-order chi connectivity index (χ1) is 11.2. The number of piperazine rings is 1. The quantitative estimate of drug-likeness (QED) is 0.796. The molecule has 0 N–H and O–H groups in total. The predicted molar refractivity (Wildman–Crippen MR) is 95.2 cm³/mol. The van der Waals surface area contributed by atoms with Crippen molar-refractivity contribution in [1.82, 2.24) is 9.88 Å². The molecule has 0 aliphatic carbocycles. The molecule has 0 spiro atoms. The molecule has 0 saturated carbocycles. The Morgan fingerprint density at radius 1 is 1.13 bits per heavy atom. The number of carbonyl (C=O) groups excluding carboxylic acids is 1. The van der Waals surface area contributed by atoms with E-state index in [1.54, 1.807) is 24.2 Å². The fourth-order valence-corrected chi connectivity index (χ4v) is 3.53. The van der Waals surface area contributed by atoms with Crippen LogP contribution in [0.5, 0.6) is 0 Å². The zero-order valence-corrected chi connectivity index (χ0v) is 14.3. The van der Waals surface area contributed by atoms with Crippen molar-refractivity contribution >= 4 is 35.0 Å². The van der Waals surface area contributed by atoms with Crippen molar-refractivity contribution in [2.45, 2.75) is 4.90 Å². The fourth-order valence-electron chi connectivity index (χ4n) is 2.56. The van der Waals surface area contributed by atoms with Crippen LogP contribution < -0.4 is 4.90 Å². The lowest BCUT2D eigenvalue weighted by molar-refractivity contribution is -0.128. The molecule has 2 heterocycles. The highest BCUT2D eigenvalue weighted by molar-refractivity contribution is 8.00. The van der Waals surface area contributed by atoms with E-state index in [9.17, 15) is 4.79 Å². The number of benzene rings is 1. The summed E-state index contributed by atoms with van der Waals surface area (Å²) in [4.78, 5) is 21.6. The molecular formula is C17H18ClN3OS. The first-order valence-electron chi connectivity index (χ1n) is 7.53. The molecule has 2 aromatic rings. The number of nitrogens with zero attached hydrogens (tertiary/aromatic N) is 3. The molecule has 6 heteroatoms. The summed E-state index contributed by atoms with van der Waals surface area (Å²) in [6.07, 6.45) is 3.49. The Morgan fingerprint density at radius 2 is 1.87 bits per heavy atom. The maximum absolute atomic E-state index is 12.3. The fraction of sp³-hybridized carbons (Fsp3) is 0.294. The molecule has 1 amide bonds. The van der Waals surface area contributed by atoms with Crippen LogP contribution >= 0.6 is 23.4 Å². The van der Waals surface area contributed by atoms with Gasteiger partial charge in [-0.15, -0.1) is 11.8 Å². The van der Waals surface area contributed by atoms with Gasteiger partial charge >= 0.3 is 0 Å². The van der Waals surface area contributed by atoms with E-state index in [0.717, 1.165) is 41.8 Å². The van der Waals surface area contributed by atoms with Gasteiger partial charge < -0.3 is 9.80 Å². The van der Waals surface area contributed by atoms with Gasteiger partial charge in [0.25, 0.3) is 0 Å². The molecule has 1 aromatic carbocycles. The van der Waals surface area contributed by atoms with Crippen molar-refractivity contribution in [3.63, 3.8) is 0 Å². The summed E-state index contributed by atoms with van der Waals surface area (Å²) in [5.41, 5.74) is 1.12. The molecule has 23 heavy (non-hydrogen) atoms. The third-order valence-corrected chi connectivity index (χ3v) is 5.05. The second-order valence-electron chi connectivity index (χ2n) is 5.32. The minimum absolute atomic E-state index is 0.192. The van der Waals surface area contributed by atoms with Crippen LogP contribution in [0.3, 0.4) is 0 Å². The molecule has 120 valence electrons. The lowest BCUT2D eigenvalue weighted by Gasteiger charge is -2.36. The second-order valence-corrected chi connectivity index (χ2v) is 6.80. The predicted octanol–water partition coefficient (Wildman–Crippen LogP) is 3.18. The SMILES string of the molecule is O=C(CSc1ccncc1)N1CCN(c2cccc(Cl)c2)CC1. The van der Waals surface area contributed by atoms with Gasteiger partial charge in [0.15, 0.2) is 0 Å². The van der Waals surface area contributed by atoms with Gasteiger partial charge in [-0.2, -0.15) is 0 Å². The molecule has 1 aromatic heterocycles. The summed E-state index contributed by atoms with van der Waals surface area (Å²) in [7, 11) is 0. The molecule has 0 bridgehead atoms. The Hall–Kier alpha value is -1.72. The molecular weight excluding hydrogens is 330 g/mol. The summed E-state index contributed by atoms with van der Waals surface area (Å²) < 4.78 is 0. The summed E-state index contributed by atoms with van der Waals surface area (Å²) in [5.74, 6) is 0.666. The van der Waals surface area contributed by atoms with Crippen LogP contribution in [0.2, 0.25) is 5.02 Å². The van der Waals surface area contributed by atoms with Crippen molar-refractivity contribution in [2.24, 2.45) is 0 Å². The smallest absolute Gasteiger partial charge is 0.233 e. The molecule has 0 atom stereocenters. The zero-order chi connectivity index (χ0) is 16.1. The van der Waals surface area contributed by atoms with E-state index in [-0.39, 0.29) is 5.91 Å². The molecule has 1 fully saturated rings. The van der Waals surface area contributed by atoms with Gasteiger partial charge in [0.1, 0.15) is 0 Å². The van der Waals surface area contributed by atoms with E-state index in [0.29, 0.717) is 5.75 Å². The van der Waals surface area contributed by atoms with E-state index < -0.39 is 0 Å². The summed E-state index contributed by atoms with van der Waals surface area (Å²) in [5, 5.41) is 0.745. The Bertz CT molecular complexity index is 660. The number of carbonyl (C=O) groups is 1. The highest BCUT2D eigenvalue weighted by Crippen LogP contribution is 2.21. The van der Waals surface area contributed by atoms with Crippen molar-refractivity contribution in [1.29, 1.82) is 0 Å². The van der Waals surface area contributed by atoms with Gasteiger partial charge in [-0.05, 0) is 30.3 Å². The summed E-state index contributed by atoms with van der Waals surface area (Å²) in [6.45, 7) is 3.18. The van der Waals surface area contributed by atoms with E-state index in [4.69, 9.17) is 11.6 Å². The molecule has 0 radical (unpaired) electrons. The van der Waals surface area contributed by atoms with Gasteiger partial charge in [-0.1, -0.05) is 17.7 Å². The standard InChI is InChI=1S/C17H18ClN3OS/c18-14-2-1-3-15(12-14)20-8-10-21(11-9-20)17(22)13-23-16-4-6-19-7-5-16/h1-7,12H,8-11,13H2. The van der Waals surface area contributed by atoms with Crippen LogP contribution in [0.25, 0.3) is 0 Å². The Labute approximate surface area is 145 Å². The van der Waals surface area contributed by atoms with Crippen molar-refractivity contribution in [2.75, 3.05) is 36.8 Å². The number of thioether (sulfide) groups is 1. The van der Waals surface area contributed by atoms with Crippen LogP contribution in [0, 0.1) is 0 Å². The molecule has 0 unspecified atom stereocenters. The van der Waals surface area contributed by atoms with E-state index in [2.05, 4.69) is 16.0 Å². The first kappa shape index (κ1) is 16.1. The molecule has 1 aliphatic rings. The molecule has 1 saturated heterocycles. The van der Waals surface area contributed by atoms with Crippen LogP contribution in [-0.4, -0.2) is 47.7 Å². The monoisotopic (exact) mass is 347 g/mol.